The molecular formula is C15H20N4O4. The number of hydrogen-bond acceptors (Lipinski definition) is 5. The first-order chi connectivity index (χ1) is 10.9. The third kappa shape index (κ3) is 3.77. The molecule has 1 aliphatic heterocycles. The minimum Gasteiger partial charge on any atom is -0.466 e. The first-order valence-electron chi connectivity index (χ1n) is 7.20. The summed E-state index contributed by atoms with van der Waals surface area (Å²) in [7, 11) is 4.75. The van der Waals surface area contributed by atoms with Crippen LogP contribution in [0.25, 0.3) is 0 Å². The maximum atomic E-state index is 12.4. The Labute approximate surface area is 134 Å². The van der Waals surface area contributed by atoms with E-state index in [-0.39, 0.29) is 30.8 Å². The van der Waals surface area contributed by atoms with E-state index < -0.39 is 11.9 Å². The molecule has 2 amide bonds. The first-order valence-corrected chi connectivity index (χ1v) is 7.20. The van der Waals surface area contributed by atoms with Crippen molar-refractivity contribution in [3.8, 4) is 0 Å². The van der Waals surface area contributed by atoms with Crippen LogP contribution in [0, 0.1) is 5.92 Å². The summed E-state index contributed by atoms with van der Waals surface area (Å²) in [6.45, 7) is 0.197. The van der Waals surface area contributed by atoms with Crippen molar-refractivity contribution in [3.05, 3.63) is 30.1 Å². The number of nitrogens with zero attached hydrogens (tertiary/aromatic N) is 3. The highest BCUT2D eigenvalue weighted by Crippen LogP contribution is 2.36. The van der Waals surface area contributed by atoms with Gasteiger partial charge in [0.1, 0.15) is 0 Å². The van der Waals surface area contributed by atoms with Crippen LogP contribution < -0.4 is 5.32 Å². The van der Waals surface area contributed by atoms with Crippen LogP contribution in [0.15, 0.2) is 24.5 Å². The molecule has 1 aliphatic rings. The highest BCUT2D eigenvalue weighted by atomic mass is 16.5. The maximum absolute atomic E-state index is 12.4. The zero-order chi connectivity index (χ0) is 17.0. The number of aryl methyl sites for hydroxylation is 1. The fourth-order valence-corrected chi connectivity index (χ4v) is 2.67. The molecule has 0 saturated carbocycles. The maximum Gasteiger partial charge on any atom is 0.330 e. The quantitative estimate of drug-likeness (QED) is 0.598. The van der Waals surface area contributed by atoms with Crippen molar-refractivity contribution in [3.63, 3.8) is 0 Å². The van der Waals surface area contributed by atoms with Gasteiger partial charge in [0.15, 0.2) is 0 Å². The molecule has 2 atom stereocenters. The third-order valence-corrected chi connectivity index (χ3v) is 3.84. The van der Waals surface area contributed by atoms with Crippen molar-refractivity contribution in [2.75, 3.05) is 20.7 Å². The van der Waals surface area contributed by atoms with E-state index >= 15 is 0 Å². The molecule has 0 radical (unpaired) electrons. The van der Waals surface area contributed by atoms with Crippen LogP contribution in [0.3, 0.4) is 0 Å². The van der Waals surface area contributed by atoms with Gasteiger partial charge in [-0.3, -0.25) is 14.3 Å². The first kappa shape index (κ1) is 16.7. The van der Waals surface area contributed by atoms with Crippen LogP contribution in [-0.2, 0) is 26.2 Å². The number of hydrogen-bond donors (Lipinski definition) is 1. The predicted molar refractivity (Wildman–Crippen MR) is 81.0 cm³/mol. The number of amides is 2. The number of ether oxygens (including phenoxy) is 1. The molecule has 8 heteroatoms. The SMILES string of the molecule is COC(=O)/C=C/CNC(=O)C1CC(=O)N(C)C1c1cnn(C)c1. The van der Waals surface area contributed by atoms with Gasteiger partial charge >= 0.3 is 5.97 Å². The Morgan fingerprint density at radius 1 is 1.48 bits per heavy atom. The van der Waals surface area contributed by atoms with Gasteiger partial charge in [-0.15, -0.1) is 0 Å². The van der Waals surface area contributed by atoms with Crippen LogP contribution in [0.2, 0.25) is 0 Å². The van der Waals surface area contributed by atoms with Crippen LogP contribution in [0.5, 0.6) is 0 Å². The average Bonchev–Trinajstić information content (AvgIpc) is 3.07. The van der Waals surface area contributed by atoms with Gasteiger partial charge in [0.2, 0.25) is 11.8 Å². The largest absolute Gasteiger partial charge is 0.466 e. The van der Waals surface area contributed by atoms with Crippen LogP contribution in [0.1, 0.15) is 18.0 Å². The molecule has 0 spiro atoms. The lowest BCUT2D eigenvalue weighted by molar-refractivity contribution is -0.135. The second kappa shape index (κ2) is 7.08. The van der Waals surface area contributed by atoms with Crippen LogP contribution >= 0.6 is 0 Å². The van der Waals surface area contributed by atoms with Crippen molar-refractivity contribution < 1.29 is 19.1 Å². The van der Waals surface area contributed by atoms with Crippen LogP contribution in [0.4, 0.5) is 0 Å². The van der Waals surface area contributed by atoms with Gasteiger partial charge in [-0.05, 0) is 0 Å². The molecular weight excluding hydrogens is 300 g/mol. The topological polar surface area (TPSA) is 93.5 Å². The van der Waals surface area contributed by atoms with E-state index in [2.05, 4.69) is 15.2 Å². The number of likely N-dealkylation sites (tertiary alicyclic amines) is 1. The van der Waals surface area contributed by atoms with E-state index in [0.717, 1.165) is 5.56 Å². The summed E-state index contributed by atoms with van der Waals surface area (Å²) >= 11 is 0. The molecule has 1 N–H and O–H groups in total. The number of carbonyl (C=O) groups is 3. The Kier molecular flexibility index (Phi) is 5.15. The summed E-state index contributed by atoms with van der Waals surface area (Å²) in [6, 6.07) is -0.333. The lowest BCUT2D eigenvalue weighted by Crippen LogP contribution is -2.34. The molecule has 124 valence electrons. The number of nitrogens with one attached hydrogen (secondary N) is 1. The molecule has 1 fully saturated rings. The number of esters is 1. The fourth-order valence-electron chi connectivity index (χ4n) is 2.67. The summed E-state index contributed by atoms with van der Waals surface area (Å²) in [5, 5.41) is 6.82. The Hall–Kier alpha value is -2.64. The van der Waals surface area contributed by atoms with Crippen molar-refractivity contribution in [2.24, 2.45) is 13.0 Å². The summed E-state index contributed by atoms with van der Waals surface area (Å²) < 4.78 is 6.10. The summed E-state index contributed by atoms with van der Waals surface area (Å²) in [4.78, 5) is 36.9. The van der Waals surface area contributed by atoms with E-state index in [1.54, 1.807) is 36.1 Å². The standard InChI is InChI=1S/C15H20N4O4/c1-18-9-10(8-17-18)14-11(7-12(20)19(14)2)15(22)16-6-4-5-13(21)23-3/h4-5,8-9,11,14H,6-7H2,1-3H3,(H,16,22)/b5-4+. The van der Waals surface area contributed by atoms with E-state index in [1.807, 2.05) is 0 Å². The molecule has 0 bridgehead atoms. The van der Waals surface area contributed by atoms with Crippen molar-refractivity contribution in [1.82, 2.24) is 20.0 Å². The molecule has 0 aromatic carbocycles. The van der Waals surface area contributed by atoms with Crippen molar-refractivity contribution >= 4 is 17.8 Å². The monoisotopic (exact) mass is 320 g/mol. The normalized spacial score (nSPS) is 21.0. The minimum absolute atomic E-state index is 0.0795. The highest BCUT2D eigenvalue weighted by molar-refractivity contribution is 5.90. The molecule has 1 saturated heterocycles. The zero-order valence-corrected chi connectivity index (χ0v) is 13.4. The van der Waals surface area contributed by atoms with Gasteiger partial charge in [0.25, 0.3) is 0 Å². The van der Waals surface area contributed by atoms with Gasteiger partial charge in [-0.2, -0.15) is 5.10 Å². The van der Waals surface area contributed by atoms with E-state index in [0.29, 0.717) is 0 Å². The molecule has 2 heterocycles. The summed E-state index contributed by atoms with van der Waals surface area (Å²) in [6.07, 6.45) is 6.37. The molecule has 2 rings (SSSR count). The van der Waals surface area contributed by atoms with Crippen LogP contribution in [-0.4, -0.2) is 53.2 Å². The molecule has 8 nitrogen and oxygen atoms in total. The lowest BCUT2D eigenvalue weighted by Gasteiger charge is -2.23. The van der Waals surface area contributed by atoms with Gasteiger partial charge in [0.05, 0.1) is 25.3 Å². The molecule has 1 aromatic rings. The number of carbonyl (C=O) groups excluding carboxylic acids is 3. The predicted octanol–water partition coefficient (Wildman–Crippen LogP) is -0.215. The lowest BCUT2D eigenvalue weighted by atomic mass is 9.95. The van der Waals surface area contributed by atoms with E-state index in [4.69, 9.17) is 0 Å². The van der Waals surface area contributed by atoms with Gasteiger partial charge in [0, 0.05) is 44.9 Å². The zero-order valence-electron chi connectivity index (χ0n) is 13.4. The molecule has 23 heavy (non-hydrogen) atoms. The summed E-state index contributed by atoms with van der Waals surface area (Å²) in [5.41, 5.74) is 0.825. The Morgan fingerprint density at radius 2 is 2.22 bits per heavy atom. The molecule has 1 aromatic heterocycles. The number of aromatic nitrogens is 2. The Morgan fingerprint density at radius 3 is 2.83 bits per heavy atom. The van der Waals surface area contributed by atoms with E-state index in [9.17, 15) is 14.4 Å². The Balaban J connectivity index is 2.04. The minimum atomic E-state index is -0.483. The number of methoxy groups -OCH3 is 1. The third-order valence-electron chi connectivity index (χ3n) is 3.84. The summed E-state index contributed by atoms with van der Waals surface area (Å²) in [5.74, 6) is -1.28. The molecule has 2 unspecified atom stereocenters. The van der Waals surface area contributed by atoms with Gasteiger partial charge in [-0.1, -0.05) is 6.08 Å². The van der Waals surface area contributed by atoms with Gasteiger partial charge in [-0.25, -0.2) is 4.79 Å². The van der Waals surface area contributed by atoms with Gasteiger partial charge < -0.3 is 15.0 Å². The van der Waals surface area contributed by atoms with Crippen molar-refractivity contribution in [2.45, 2.75) is 12.5 Å². The Bertz CT molecular complexity index is 637. The van der Waals surface area contributed by atoms with E-state index in [1.165, 1.54) is 19.3 Å². The number of rotatable bonds is 5. The van der Waals surface area contributed by atoms with Crippen molar-refractivity contribution in [1.29, 1.82) is 0 Å². The fraction of sp³-hybridized carbons (Fsp3) is 0.467. The average molecular weight is 320 g/mol. The second-order valence-electron chi connectivity index (χ2n) is 5.38. The highest BCUT2D eigenvalue weighted by Gasteiger charge is 2.43. The molecule has 0 aliphatic carbocycles. The smallest absolute Gasteiger partial charge is 0.330 e. The second-order valence-corrected chi connectivity index (χ2v) is 5.38.